The van der Waals surface area contributed by atoms with Crippen LogP contribution in [0.2, 0.25) is 0 Å². The maximum absolute atomic E-state index is 12.8. The molecule has 0 unspecified atom stereocenters. The lowest BCUT2D eigenvalue weighted by Gasteiger charge is -2.28. The van der Waals surface area contributed by atoms with Crippen molar-refractivity contribution in [2.24, 2.45) is 0 Å². The summed E-state index contributed by atoms with van der Waals surface area (Å²) in [5, 5.41) is 11.9. The van der Waals surface area contributed by atoms with Crippen molar-refractivity contribution in [2.45, 2.75) is 89.6 Å². The lowest BCUT2D eigenvalue weighted by molar-refractivity contribution is -0.150. The highest BCUT2D eigenvalue weighted by Crippen LogP contribution is 2.22. The predicted molar refractivity (Wildman–Crippen MR) is 122 cm³/mol. The number of carbonyl (C=O) groups is 4. The first-order valence-electron chi connectivity index (χ1n) is 11.5. The van der Waals surface area contributed by atoms with Crippen LogP contribution in [0, 0.1) is 0 Å². The molecular formula is C22H38N2O7S. The molecule has 1 aliphatic heterocycles. The van der Waals surface area contributed by atoms with Gasteiger partial charge in [-0.1, -0.05) is 26.2 Å². The predicted octanol–water partition coefficient (Wildman–Crippen LogP) is 2.22. The number of carboxylic acids is 1. The van der Waals surface area contributed by atoms with Gasteiger partial charge in [-0.15, -0.1) is 11.8 Å². The van der Waals surface area contributed by atoms with Crippen LogP contribution in [-0.2, 0) is 28.7 Å². The smallest absolute Gasteiger partial charge is 0.326 e. The third kappa shape index (κ3) is 8.97. The number of carboxylic acid groups (broad SMARTS) is 1. The van der Waals surface area contributed by atoms with E-state index >= 15 is 0 Å². The molecule has 1 amide bonds. The fourth-order valence-electron chi connectivity index (χ4n) is 3.63. The third-order valence-electron chi connectivity index (χ3n) is 5.30. The standard InChI is InChI=1S/C22H38N2O7S/c1-5-8-9-12-18(22(29)31-7-3)32-14-16(21(28)30-6-2)23-15(4)19(25)24-13-10-11-17(24)20(26)27/h15-18,23H,5-14H2,1-4H3,(H,26,27)/t15-,16-,17+,18+/m0/s1. The molecule has 1 saturated heterocycles. The van der Waals surface area contributed by atoms with Crippen LogP contribution in [0.1, 0.15) is 66.2 Å². The van der Waals surface area contributed by atoms with Crippen LogP contribution in [0.15, 0.2) is 0 Å². The van der Waals surface area contributed by atoms with E-state index in [4.69, 9.17) is 9.47 Å². The van der Waals surface area contributed by atoms with Gasteiger partial charge in [-0.25, -0.2) is 4.79 Å². The van der Waals surface area contributed by atoms with E-state index in [0.29, 0.717) is 25.8 Å². The Morgan fingerprint density at radius 3 is 2.34 bits per heavy atom. The Morgan fingerprint density at radius 1 is 1.09 bits per heavy atom. The largest absolute Gasteiger partial charge is 0.480 e. The molecule has 4 atom stereocenters. The van der Waals surface area contributed by atoms with E-state index in [1.165, 1.54) is 16.7 Å². The van der Waals surface area contributed by atoms with Crippen molar-refractivity contribution >= 4 is 35.6 Å². The van der Waals surface area contributed by atoms with Gasteiger partial charge in [-0.3, -0.25) is 19.7 Å². The van der Waals surface area contributed by atoms with Gasteiger partial charge in [0.1, 0.15) is 17.3 Å². The van der Waals surface area contributed by atoms with Gasteiger partial charge in [0.2, 0.25) is 5.91 Å². The molecule has 32 heavy (non-hydrogen) atoms. The molecule has 0 radical (unpaired) electrons. The number of hydrogen-bond donors (Lipinski definition) is 2. The van der Waals surface area contributed by atoms with Crippen molar-refractivity contribution in [3.63, 3.8) is 0 Å². The Kier molecular flexibility index (Phi) is 13.3. The second-order valence-corrected chi connectivity index (χ2v) is 9.03. The van der Waals surface area contributed by atoms with E-state index in [1.807, 2.05) is 0 Å². The fourth-order valence-corrected chi connectivity index (χ4v) is 4.83. The number of ether oxygens (including phenoxy) is 2. The second-order valence-electron chi connectivity index (χ2n) is 7.79. The summed E-state index contributed by atoms with van der Waals surface area (Å²) < 4.78 is 10.3. The minimum atomic E-state index is -1.02. The number of thioether (sulfide) groups is 1. The zero-order valence-electron chi connectivity index (χ0n) is 19.6. The molecule has 0 aliphatic carbocycles. The molecule has 0 aromatic rings. The molecule has 10 heteroatoms. The highest BCUT2D eigenvalue weighted by atomic mass is 32.2. The van der Waals surface area contributed by atoms with Crippen molar-refractivity contribution in [1.29, 1.82) is 0 Å². The monoisotopic (exact) mass is 474 g/mol. The Hall–Kier alpha value is -1.81. The van der Waals surface area contributed by atoms with Gasteiger partial charge >= 0.3 is 17.9 Å². The molecular weight excluding hydrogens is 436 g/mol. The SMILES string of the molecule is CCCCC[C@@H](SC[C@H](N[C@@H](C)C(=O)N1CCC[C@@H]1C(=O)O)C(=O)OCC)C(=O)OCC. The van der Waals surface area contributed by atoms with E-state index in [2.05, 4.69) is 12.2 Å². The number of nitrogens with one attached hydrogen (secondary N) is 1. The molecule has 0 aromatic heterocycles. The number of likely N-dealkylation sites (tertiary alicyclic amines) is 1. The van der Waals surface area contributed by atoms with Gasteiger partial charge in [0.05, 0.1) is 19.3 Å². The van der Waals surface area contributed by atoms with E-state index in [-0.39, 0.29) is 30.8 Å². The molecule has 0 saturated carbocycles. The second kappa shape index (κ2) is 15.1. The normalized spacial score (nSPS) is 18.6. The summed E-state index contributed by atoms with van der Waals surface area (Å²) in [5.74, 6) is -1.97. The zero-order chi connectivity index (χ0) is 24.1. The molecule has 9 nitrogen and oxygen atoms in total. The summed E-state index contributed by atoms with van der Waals surface area (Å²) in [6, 6.07) is -2.42. The average molecular weight is 475 g/mol. The molecule has 0 bridgehead atoms. The fraction of sp³-hybridized carbons (Fsp3) is 0.818. The summed E-state index contributed by atoms with van der Waals surface area (Å²) in [7, 11) is 0. The quantitative estimate of drug-likeness (QED) is 0.272. The highest BCUT2D eigenvalue weighted by molar-refractivity contribution is 8.00. The highest BCUT2D eigenvalue weighted by Gasteiger charge is 2.37. The number of rotatable bonds is 15. The number of carbonyl (C=O) groups excluding carboxylic acids is 3. The van der Waals surface area contributed by atoms with Gasteiger partial charge < -0.3 is 19.5 Å². The minimum Gasteiger partial charge on any atom is -0.480 e. The van der Waals surface area contributed by atoms with E-state index in [1.54, 1.807) is 20.8 Å². The summed E-state index contributed by atoms with van der Waals surface area (Å²) in [4.78, 5) is 50.5. The number of unbranched alkanes of at least 4 members (excludes halogenated alkanes) is 2. The number of nitrogens with zero attached hydrogens (tertiary/aromatic N) is 1. The van der Waals surface area contributed by atoms with Crippen LogP contribution in [0.5, 0.6) is 0 Å². The maximum atomic E-state index is 12.8. The van der Waals surface area contributed by atoms with E-state index < -0.39 is 35.3 Å². The topological polar surface area (TPSA) is 122 Å². The zero-order valence-corrected chi connectivity index (χ0v) is 20.4. The summed E-state index contributed by atoms with van der Waals surface area (Å²) in [5.41, 5.74) is 0. The van der Waals surface area contributed by atoms with Crippen LogP contribution in [0.4, 0.5) is 0 Å². The lowest BCUT2D eigenvalue weighted by atomic mass is 10.1. The molecule has 1 fully saturated rings. The minimum absolute atomic E-state index is 0.190. The lowest BCUT2D eigenvalue weighted by Crippen LogP contribution is -2.54. The first-order chi connectivity index (χ1) is 15.3. The van der Waals surface area contributed by atoms with E-state index in [9.17, 15) is 24.3 Å². The van der Waals surface area contributed by atoms with Crippen molar-refractivity contribution in [2.75, 3.05) is 25.5 Å². The Bertz CT molecular complexity index is 631. The summed E-state index contributed by atoms with van der Waals surface area (Å²) in [6.45, 7) is 8.00. The van der Waals surface area contributed by atoms with Crippen molar-refractivity contribution in [3.05, 3.63) is 0 Å². The Balaban J connectivity index is 2.83. The molecule has 2 N–H and O–H groups in total. The van der Waals surface area contributed by atoms with Gasteiger partial charge in [0, 0.05) is 12.3 Å². The molecule has 1 heterocycles. The molecule has 1 rings (SSSR count). The molecule has 1 aliphatic rings. The molecule has 0 spiro atoms. The maximum Gasteiger partial charge on any atom is 0.326 e. The van der Waals surface area contributed by atoms with Crippen LogP contribution < -0.4 is 5.32 Å². The number of hydrogen-bond acceptors (Lipinski definition) is 8. The van der Waals surface area contributed by atoms with Gasteiger partial charge in [0.15, 0.2) is 0 Å². The molecule has 0 aromatic carbocycles. The summed E-state index contributed by atoms with van der Waals surface area (Å²) in [6.07, 6.45) is 4.61. The average Bonchev–Trinajstić information content (AvgIpc) is 3.25. The number of aliphatic carboxylic acids is 1. The van der Waals surface area contributed by atoms with Crippen molar-refractivity contribution < 1.29 is 33.8 Å². The van der Waals surface area contributed by atoms with Crippen LogP contribution in [-0.4, -0.2) is 82.7 Å². The number of esters is 2. The van der Waals surface area contributed by atoms with Crippen LogP contribution >= 0.6 is 11.8 Å². The van der Waals surface area contributed by atoms with Gasteiger partial charge in [-0.2, -0.15) is 0 Å². The molecule has 184 valence electrons. The van der Waals surface area contributed by atoms with Crippen molar-refractivity contribution in [3.8, 4) is 0 Å². The first-order valence-corrected chi connectivity index (χ1v) is 12.6. The van der Waals surface area contributed by atoms with Crippen LogP contribution in [0.3, 0.4) is 0 Å². The van der Waals surface area contributed by atoms with Gasteiger partial charge in [0.25, 0.3) is 0 Å². The summed E-state index contributed by atoms with van der Waals surface area (Å²) >= 11 is 1.32. The van der Waals surface area contributed by atoms with Crippen LogP contribution in [0.25, 0.3) is 0 Å². The Morgan fingerprint density at radius 2 is 1.75 bits per heavy atom. The van der Waals surface area contributed by atoms with Crippen molar-refractivity contribution in [1.82, 2.24) is 10.2 Å². The van der Waals surface area contributed by atoms with Gasteiger partial charge in [-0.05, 0) is 40.0 Å². The van der Waals surface area contributed by atoms with E-state index in [0.717, 1.165) is 19.3 Å². The first kappa shape index (κ1) is 28.2. The Labute approximate surface area is 194 Å². The number of amides is 1. The third-order valence-corrected chi connectivity index (χ3v) is 6.65.